The number of aryl methyl sites for hydroxylation is 3. The molecule has 0 spiro atoms. The van der Waals surface area contributed by atoms with Gasteiger partial charge in [0.1, 0.15) is 10.6 Å². The van der Waals surface area contributed by atoms with E-state index in [1.165, 1.54) is 17.5 Å². The number of fused-ring (bicyclic) bond motifs is 1. The van der Waals surface area contributed by atoms with E-state index in [4.69, 9.17) is 4.74 Å². The average Bonchev–Trinajstić information content (AvgIpc) is 3.09. The third-order valence-electron chi connectivity index (χ3n) is 4.11. The number of esters is 1. The molecule has 26 heavy (non-hydrogen) atoms. The smallest absolute Gasteiger partial charge is 0.341 e. The number of rotatable bonds is 4. The fourth-order valence-corrected chi connectivity index (χ4v) is 3.81. The first-order valence-electron chi connectivity index (χ1n) is 8.24. The minimum atomic E-state index is -0.436. The Morgan fingerprint density at radius 2 is 2.00 bits per heavy atom. The lowest BCUT2D eigenvalue weighted by Gasteiger charge is -2.07. The van der Waals surface area contributed by atoms with E-state index in [2.05, 4.69) is 15.4 Å². The number of nitrogens with one attached hydrogen (secondary N) is 1. The number of aromatic nitrogens is 3. The number of ether oxygens (including phenoxy) is 1. The van der Waals surface area contributed by atoms with Gasteiger partial charge in [-0.25, -0.2) is 14.3 Å². The van der Waals surface area contributed by atoms with Gasteiger partial charge in [0, 0.05) is 16.3 Å². The van der Waals surface area contributed by atoms with Gasteiger partial charge in [-0.3, -0.25) is 4.79 Å². The van der Waals surface area contributed by atoms with Crippen molar-refractivity contribution in [1.82, 2.24) is 14.6 Å². The first kappa shape index (κ1) is 18.1. The molecule has 0 radical (unpaired) electrons. The van der Waals surface area contributed by atoms with E-state index in [9.17, 15) is 9.59 Å². The Bertz CT molecular complexity index is 1020. The first-order chi connectivity index (χ1) is 12.3. The second kappa shape index (κ2) is 6.87. The summed E-state index contributed by atoms with van der Waals surface area (Å²) in [4.78, 5) is 30.5. The highest BCUT2D eigenvalue weighted by Crippen LogP contribution is 2.33. The fraction of sp³-hybridized carbons (Fsp3) is 0.333. The van der Waals surface area contributed by atoms with Crippen molar-refractivity contribution < 1.29 is 14.3 Å². The molecule has 3 aromatic heterocycles. The van der Waals surface area contributed by atoms with Crippen molar-refractivity contribution >= 4 is 33.9 Å². The van der Waals surface area contributed by atoms with Crippen molar-refractivity contribution in [2.75, 3.05) is 11.9 Å². The lowest BCUT2D eigenvalue weighted by atomic mass is 10.1. The Morgan fingerprint density at radius 1 is 1.27 bits per heavy atom. The van der Waals surface area contributed by atoms with E-state index in [1.807, 2.05) is 33.8 Å². The standard InChI is InChI=1S/C18H20N4O3S/c1-6-25-18(24)14-11(4)12(5)26-17(14)21-16(23)13-8-19-22-10(3)7-9(2)20-15(13)22/h7-8H,6H2,1-5H3,(H,21,23). The van der Waals surface area contributed by atoms with Gasteiger partial charge >= 0.3 is 5.97 Å². The molecule has 1 amide bonds. The molecule has 0 aliphatic rings. The Kier molecular flexibility index (Phi) is 4.78. The number of anilines is 1. The van der Waals surface area contributed by atoms with Crippen molar-refractivity contribution in [3.63, 3.8) is 0 Å². The molecule has 0 aliphatic carbocycles. The van der Waals surface area contributed by atoms with E-state index in [0.29, 0.717) is 21.8 Å². The Balaban J connectivity index is 1.99. The molecular formula is C18H20N4O3S. The van der Waals surface area contributed by atoms with Crippen LogP contribution in [0.5, 0.6) is 0 Å². The summed E-state index contributed by atoms with van der Waals surface area (Å²) in [7, 11) is 0. The summed E-state index contributed by atoms with van der Waals surface area (Å²) in [6.45, 7) is 9.55. The molecule has 136 valence electrons. The Labute approximate surface area is 155 Å². The average molecular weight is 372 g/mol. The van der Waals surface area contributed by atoms with Crippen molar-refractivity contribution in [3.8, 4) is 0 Å². The highest BCUT2D eigenvalue weighted by Gasteiger charge is 2.24. The summed E-state index contributed by atoms with van der Waals surface area (Å²) in [5, 5.41) is 7.55. The molecule has 0 saturated carbocycles. The minimum absolute atomic E-state index is 0.275. The van der Waals surface area contributed by atoms with Crippen LogP contribution in [-0.4, -0.2) is 33.1 Å². The van der Waals surface area contributed by atoms with Gasteiger partial charge in [0.25, 0.3) is 5.91 Å². The number of carbonyl (C=O) groups excluding carboxylic acids is 2. The van der Waals surface area contributed by atoms with Crippen LogP contribution >= 0.6 is 11.3 Å². The maximum Gasteiger partial charge on any atom is 0.341 e. The monoisotopic (exact) mass is 372 g/mol. The highest BCUT2D eigenvalue weighted by atomic mass is 32.1. The lowest BCUT2D eigenvalue weighted by molar-refractivity contribution is 0.0527. The van der Waals surface area contributed by atoms with Crippen LogP contribution in [0.2, 0.25) is 0 Å². The molecule has 0 fully saturated rings. The predicted octanol–water partition coefficient (Wildman–Crippen LogP) is 3.45. The van der Waals surface area contributed by atoms with Gasteiger partial charge < -0.3 is 10.1 Å². The molecule has 0 saturated heterocycles. The van der Waals surface area contributed by atoms with Gasteiger partial charge in [0.2, 0.25) is 0 Å². The van der Waals surface area contributed by atoms with Crippen LogP contribution in [0.15, 0.2) is 12.3 Å². The molecule has 0 atom stereocenters. The van der Waals surface area contributed by atoms with Crippen LogP contribution < -0.4 is 5.32 Å². The molecule has 0 bridgehead atoms. The van der Waals surface area contributed by atoms with Crippen LogP contribution in [-0.2, 0) is 4.74 Å². The number of hydrogen-bond donors (Lipinski definition) is 1. The summed E-state index contributed by atoms with van der Waals surface area (Å²) < 4.78 is 6.75. The Hall–Kier alpha value is -2.74. The van der Waals surface area contributed by atoms with Gasteiger partial charge in [-0.2, -0.15) is 5.10 Å². The maximum atomic E-state index is 12.8. The number of hydrogen-bond acceptors (Lipinski definition) is 6. The number of carbonyl (C=O) groups is 2. The summed E-state index contributed by atoms with van der Waals surface area (Å²) >= 11 is 1.35. The largest absolute Gasteiger partial charge is 0.462 e. The van der Waals surface area contributed by atoms with Crippen LogP contribution in [0.3, 0.4) is 0 Å². The third kappa shape index (κ3) is 3.08. The van der Waals surface area contributed by atoms with E-state index in [0.717, 1.165) is 21.8 Å². The van der Waals surface area contributed by atoms with Crippen LogP contribution in [0, 0.1) is 27.7 Å². The zero-order valence-corrected chi connectivity index (χ0v) is 16.2. The number of amides is 1. The quantitative estimate of drug-likeness (QED) is 0.709. The topological polar surface area (TPSA) is 85.6 Å². The third-order valence-corrected chi connectivity index (χ3v) is 5.24. The summed E-state index contributed by atoms with van der Waals surface area (Å²) in [6.07, 6.45) is 1.49. The normalized spacial score (nSPS) is 11.0. The molecule has 0 unspecified atom stereocenters. The highest BCUT2D eigenvalue weighted by molar-refractivity contribution is 7.16. The van der Waals surface area contributed by atoms with E-state index >= 15 is 0 Å². The summed E-state index contributed by atoms with van der Waals surface area (Å²) in [6, 6.07) is 1.90. The van der Waals surface area contributed by atoms with Gasteiger partial charge in [-0.05, 0) is 46.2 Å². The SMILES string of the molecule is CCOC(=O)c1c(NC(=O)c2cnn3c(C)cc(C)nc23)sc(C)c1C. The number of thiophene rings is 1. The molecule has 0 aromatic carbocycles. The zero-order valence-electron chi connectivity index (χ0n) is 15.3. The van der Waals surface area contributed by atoms with Gasteiger partial charge in [0.15, 0.2) is 5.65 Å². The van der Waals surface area contributed by atoms with Crippen LogP contribution in [0.25, 0.3) is 5.65 Å². The fourth-order valence-electron chi connectivity index (χ4n) is 2.77. The lowest BCUT2D eigenvalue weighted by Crippen LogP contribution is -2.15. The van der Waals surface area contributed by atoms with Crippen LogP contribution in [0.1, 0.15) is 49.5 Å². The molecule has 3 heterocycles. The van der Waals surface area contributed by atoms with Crippen molar-refractivity contribution in [3.05, 3.63) is 45.2 Å². The van der Waals surface area contributed by atoms with Crippen molar-refractivity contribution in [2.45, 2.75) is 34.6 Å². The molecule has 0 aliphatic heterocycles. The molecular weight excluding hydrogens is 352 g/mol. The van der Waals surface area contributed by atoms with Gasteiger partial charge in [-0.15, -0.1) is 11.3 Å². The molecule has 3 rings (SSSR count). The second-order valence-corrected chi connectivity index (χ2v) is 7.22. The molecule has 8 heteroatoms. The second-order valence-electron chi connectivity index (χ2n) is 5.99. The van der Waals surface area contributed by atoms with E-state index in [1.54, 1.807) is 11.4 Å². The zero-order chi connectivity index (χ0) is 19.0. The van der Waals surface area contributed by atoms with Crippen molar-refractivity contribution in [1.29, 1.82) is 0 Å². The molecule has 1 N–H and O–H groups in total. The predicted molar refractivity (Wildman–Crippen MR) is 100 cm³/mol. The van der Waals surface area contributed by atoms with Gasteiger partial charge in [-0.1, -0.05) is 0 Å². The van der Waals surface area contributed by atoms with E-state index < -0.39 is 5.97 Å². The number of nitrogens with zero attached hydrogens (tertiary/aromatic N) is 3. The van der Waals surface area contributed by atoms with Crippen molar-refractivity contribution in [2.24, 2.45) is 0 Å². The van der Waals surface area contributed by atoms with Gasteiger partial charge in [0.05, 0.1) is 18.4 Å². The maximum absolute atomic E-state index is 12.8. The van der Waals surface area contributed by atoms with E-state index in [-0.39, 0.29) is 12.5 Å². The van der Waals surface area contributed by atoms with Crippen LogP contribution in [0.4, 0.5) is 5.00 Å². The summed E-state index contributed by atoms with van der Waals surface area (Å²) in [5.74, 6) is -0.793. The Morgan fingerprint density at radius 3 is 2.69 bits per heavy atom. The molecule has 7 nitrogen and oxygen atoms in total. The summed E-state index contributed by atoms with van der Waals surface area (Å²) in [5.41, 5.74) is 3.76. The first-order valence-corrected chi connectivity index (χ1v) is 9.05. The molecule has 3 aromatic rings. The minimum Gasteiger partial charge on any atom is -0.462 e.